The third-order valence-corrected chi connectivity index (χ3v) is 2.61. The lowest BCUT2D eigenvalue weighted by Gasteiger charge is -2.19. The molecule has 0 saturated heterocycles. The highest BCUT2D eigenvalue weighted by Crippen LogP contribution is 2.16. The third-order valence-electron chi connectivity index (χ3n) is 2.61. The highest BCUT2D eigenvalue weighted by molar-refractivity contribution is 5.78. The number of benzene rings is 1. The van der Waals surface area contributed by atoms with E-state index in [9.17, 15) is 9.59 Å². The van der Waals surface area contributed by atoms with Crippen molar-refractivity contribution in [3.05, 3.63) is 35.9 Å². The molecule has 0 aliphatic rings. The van der Waals surface area contributed by atoms with E-state index < -0.39 is 12.1 Å². The number of rotatable bonds is 6. The zero-order chi connectivity index (χ0) is 15.0. The van der Waals surface area contributed by atoms with Gasteiger partial charge >= 0.3 is 6.09 Å². The third kappa shape index (κ3) is 5.73. The van der Waals surface area contributed by atoms with Crippen molar-refractivity contribution in [2.45, 2.75) is 39.3 Å². The zero-order valence-corrected chi connectivity index (χ0v) is 12.2. The summed E-state index contributed by atoms with van der Waals surface area (Å²) in [6.07, 6.45) is -0.334. The number of carbonyl (C=O) groups excluding carboxylic acids is 2. The van der Waals surface area contributed by atoms with Crippen molar-refractivity contribution in [3.63, 3.8) is 0 Å². The highest BCUT2D eigenvalue weighted by Gasteiger charge is 2.19. The van der Waals surface area contributed by atoms with Crippen LogP contribution in [0.2, 0.25) is 0 Å². The molecule has 0 aromatic heterocycles. The molecule has 0 radical (unpaired) electrons. The van der Waals surface area contributed by atoms with Crippen molar-refractivity contribution in [3.8, 4) is 0 Å². The number of alkyl carbamates (subject to hydrolysis) is 1. The molecule has 0 spiro atoms. The molecule has 2 amide bonds. The van der Waals surface area contributed by atoms with E-state index in [-0.39, 0.29) is 18.4 Å². The van der Waals surface area contributed by atoms with Gasteiger partial charge in [0.15, 0.2) is 0 Å². The molecule has 1 atom stereocenters. The topological polar surface area (TPSA) is 67.4 Å². The van der Waals surface area contributed by atoms with Gasteiger partial charge in [-0.3, -0.25) is 4.79 Å². The fourth-order valence-corrected chi connectivity index (χ4v) is 1.82. The predicted molar refractivity (Wildman–Crippen MR) is 77.2 cm³/mol. The largest absolute Gasteiger partial charge is 0.450 e. The first-order valence-corrected chi connectivity index (χ1v) is 6.80. The molecule has 110 valence electrons. The molecule has 0 aliphatic heterocycles. The van der Waals surface area contributed by atoms with Crippen LogP contribution in [0.15, 0.2) is 30.3 Å². The lowest BCUT2D eigenvalue weighted by molar-refractivity contribution is -0.122. The minimum atomic E-state index is -0.515. The Labute approximate surface area is 119 Å². The number of hydrogen-bond donors (Lipinski definition) is 2. The molecular weight excluding hydrogens is 256 g/mol. The smallest absolute Gasteiger partial charge is 0.407 e. The lowest BCUT2D eigenvalue weighted by Crippen LogP contribution is -2.36. The summed E-state index contributed by atoms with van der Waals surface area (Å²) >= 11 is 0. The van der Waals surface area contributed by atoms with E-state index in [0.29, 0.717) is 6.61 Å². The summed E-state index contributed by atoms with van der Waals surface area (Å²) in [5.74, 6) is -0.106. The Morgan fingerprint density at radius 2 is 1.80 bits per heavy atom. The minimum absolute atomic E-state index is 0.0708. The maximum absolute atomic E-state index is 11.9. The van der Waals surface area contributed by atoms with Crippen LogP contribution in [0.25, 0.3) is 0 Å². The van der Waals surface area contributed by atoms with Crippen molar-refractivity contribution >= 4 is 12.0 Å². The number of carbonyl (C=O) groups is 2. The fraction of sp³-hybridized carbons (Fsp3) is 0.467. The Morgan fingerprint density at radius 3 is 2.35 bits per heavy atom. The van der Waals surface area contributed by atoms with Gasteiger partial charge < -0.3 is 15.4 Å². The van der Waals surface area contributed by atoms with Gasteiger partial charge in [0.2, 0.25) is 5.91 Å². The summed E-state index contributed by atoms with van der Waals surface area (Å²) in [5, 5.41) is 5.53. The molecule has 0 aliphatic carbocycles. The van der Waals surface area contributed by atoms with Crippen molar-refractivity contribution in [1.82, 2.24) is 10.6 Å². The van der Waals surface area contributed by atoms with Gasteiger partial charge in [-0.1, -0.05) is 30.3 Å². The van der Waals surface area contributed by atoms with Gasteiger partial charge in [-0.25, -0.2) is 4.79 Å². The van der Waals surface area contributed by atoms with Gasteiger partial charge in [-0.15, -0.1) is 0 Å². The summed E-state index contributed by atoms with van der Waals surface area (Å²) in [7, 11) is 0. The van der Waals surface area contributed by atoms with Gasteiger partial charge in [-0.05, 0) is 26.3 Å². The van der Waals surface area contributed by atoms with Crippen molar-refractivity contribution in [2.24, 2.45) is 0 Å². The quantitative estimate of drug-likeness (QED) is 0.839. The average Bonchev–Trinajstić information content (AvgIpc) is 2.38. The van der Waals surface area contributed by atoms with E-state index in [2.05, 4.69) is 10.6 Å². The molecular formula is C15H22N2O3. The average molecular weight is 278 g/mol. The van der Waals surface area contributed by atoms with Crippen LogP contribution in [0.3, 0.4) is 0 Å². The number of nitrogens with one attached hydrogen (secondary N) is 2. The first-order valence-electron chi connectivity index (χ1n) is 6.80. The second kappa shape index (κ2) is 8.19. The summed E-state index contributed by atoms with van der Waals surface area (Å²) in [6.45, 7) is 5.83. The normalized spacial score (nSPS) is 11.8. The van der Waals surface area contributed by atoms with Crippen LogP contribution >= 0.6 is 0 Å². The van der Waals surface area contributed by atoms with E-state index >= 15 is 0 Å². The molecule has 0 saturated carbocycles. The molecule has 0 bridgehead atoms. The molecule has 0 fully saturated rings. The number of hydrogen-bond acceptors (Lipinski definition) is 3. The molecule has 1 aromatic rings. The molecule has 5 nitrogen and oxygen atoms in total. The molecule has 0 heterocycles. The predicted octanol–water partition coefficient (Wildman–Crippen LogP) is 2.39. The van der Waals surface area contributed by atoms with Crippen molar-refractivity contribution in [1.29, 1.82) is 0 Å². The van der Waals surface area contributed by atoms with Crippen LogP contribution < -0.4 is 10.6 Å². The molecule has 2 N–H and O–H groups in total. The Kier molecular flexibility index (Phi) is 6.56. The molecule has 1 aromatic carbocycles. The maximum atomic E-state index is 11.9. The van der Waals surface area contributed by atoms with Gasteiger partial charge in [0.25, 0.3) is 0 Å². The Bertz CT molecular complexity index is 432. The SMILES string of the molecule is CCOC(=O)NC(CC(=O)NC(C)C)c1ccccc1. The zero-order valence-electron chi connectivity index (χ0n) is 12.2. The van der Waals surface area contributed by atoms with E-state index in [1.807, 2.05) is 44.2 Å². The van der Waals surface area contributed by atoms with Gasteiger partial charge in [-0.2, -0.15) is 0 Å². The first-order chi connectivity index (χ1) is 9.52. The Balaban J connectivity index is 2.74. The molecule has 5 heteroatoms. The van der Waals surface area contributed by atoms with Crippen molar-refractivity contribution < 1.29 is 14.3 Å². The first kappa shape index (κ1) is 16.0. The van der Waals surface area contributed by atoms with Crippen LogP contribution in [0.5, 0.6) is 0 Å². The Hall–Kier alpha value is -2.04. The summed E-state index contributed by atoms with van der Waals surface area (Å²) in [4.78, 5) is 23.4. The van der Waals surface area contributed by atoms with E-state index in [1.54, 1.807) is 6.92 Å². The standard InChI is InChI=1S/C15H22N2O3/c1-4-20-15(19)17-13(10-14(18)16-11(2)3)12-8-6-5-7-9-12/h5-9,11,13H,4,10H2,1-3H3,(H,16,18)(H,17,19). The van der Waals surface area contributed by atoms with Crippen LogP contribution in [0.4, 0.5) is 4.79 Å². The summed E-state index contributed by atoms with van der Waals surface area (Å²) in [6, 6.07) is 9.05. The van der Waals surface area contributed by atoms with E-state index in [4.69, 9.17) is 4.74 Å². The molecule has 1 rings (SSSR count). The van der Waals surface area contributed by atoms with Crippen LogP contribution in [-0.4, -0.2) is 24.6 Å². The minimum Gasteiger partial charge on any atom is -0.450 e. The lowest BCUT2D eigenvalue weighted by atomic mass is 10.0. The maximum Gasteiger partial charge on any atom is 0.407 e. The second-order valence-corrected chi connectivity index (χ2v) is 4.75. The monoisotopic (exact) mass is 278 g/mol. The summed E-state index contributed by atoms with van der Waals surface area (Å²) in [5.41, 5.74) is 0.874. The highest BCUT2D eigenvalue weighted by atomic mass is 16.5. The summed E-state index contributed by atoms with van der Waals surface area (Å²) < 4.78 is 4.87. The number of amides is 2. The second-order valence-electron chi connectivity index (χ2n) is 4.75. The van der Waals surface area contributed by atoms with E-state index in [0.717, 1.165) is 5.56 Å². The Morgan fingerprint density at radius 1 is 1.15 bits per heavy atom. The van der Waals surface area contributed by atoms with Crippen LogP contribution in [0, 0.1) is 0 Å². The van der Waals surface area contributed by atoms with Gasteiger partial charge in [0.1, 0.15) is 0 Å². The van der Waals surface area contributed by atoms with E-state index in [1.165, 1.54) is 0 Å². The van der Waals surface area contributed by atoms with Gasteiger partial charge in [0.05, 0.1) is 19.1 Å². The number of ether oxygens (including phenoxy) is 1. The van der Waals surface area contributed by atoms with Crippen molar-refractivity contribution in [2.75, 3.05) is 6.61 Å². The van der Waals surface area contributed by atoms with Crippen LogP contribution in [0.1, 0.15) is 38.8 Å². The fourth-order valence-electron chi connectivity index (χ4n) is 1.82. The molecule has 1 unspecified atom stereocenters. The van der Waals surface area contributed by atoms with Crippen LogP contribution in [-0.2, 0) is 9.53 Å². The molecule has 20 heavy (non-hydrogen) atoms. The van der Waals surface area contributed by atoms with Gasteiger partial charge in [0, 0.05) is 6.04 Å².